The van der Waals surface area contributed by atoms with Crippen LogP contribution in [0.1, 0.15) is 11.1 Å². The van der Waals surface area contributed by atoms with Gasteiger partial charge in [-0.2, -0.15) is 5.10 Å². The van der Waals surface area contributed by atoms with Gasteiger partial charge in [0.1, 0.15) is 0 Å². The summed E-state index contributed by atoms with van der Waals surface area (Å²) in [5.74, 6) is 0. The zero-order chi connectivity index (χ0) is 12.1. The number of aromatic nitrogens is 2. The summed E-state index contributed by atoms with van der Waals surface area (Å²) in [6, 6.07) is 7.90. The zero-order valence-corrected chi connectivity index (χ0v) is 10.6. The Morgan fingerprint density at radius 3 is 3.00 bits per heavy atom. The second kappa shape index (κ2) is 5.84. The summed E-state index contributed by atoms with van der Waals surface area (Å²) in [7, 11) is 0. The van der Waals surface area contributed by atoms with Crippen LogP contribution in [0.15, 0.2) is 36.7 Å². The maximum atomic E-state index is 5.91. The van der Waals surface area contributed by atoms with E-state index in [9.17, 15) is 0 Å². The minimum Gasteiger partial charge on any atom is -0.311 e. The summed E-state index contributed by atoms with van der Waals surface area (Å²) in [6.07, 6.45) is 3.91. The van der Waals surface area contributed by atoms with Crippen LogP contribution in [-0.4, -0.2) is 16.3 Å². The van der Waals surface area contributed by atoms with E-state index in [1.54, 1.807) is 0 Å². The molecule has 0 unspecified atom stereocenters. The van der Waals surface area contributed by atoms with Crippen molar-refractivity contribution in [3.8, 4) is 0 Å². The molecule has 1 aromatic heterocycles. The second-order valence-electron chi connectivity index (χ2n) is 4.09. The number of hydrogen-bond acceptors (Lipinski definition) is 2. The van der Waals surface area contributed by atoms with Gasteiger partial charge in [-0.15, -0.1) is 0 Å². The summed E-state index contributed by atoms with van der Waals surface area (Å²) >= 11 is 5.91. The molecule has 3 nitrogen and oxygen atoms in total. The highest BCUT2D eigenvalue weighted by Gasteiger charge is 1.95. The third-order valence-corrected chi connectivity index (χ3v) is 2.73. The Labute approximate surface area is 106 Å². The molecule has 1 N–H and O–H groups in total. The molecule has 0 saturated carbocycles. The first-order chi connectivity index (χ1) is 8.24. The summed E-state index contributed by atoms with van der Waals surface area (Å²) in [5.41, 5.74) is 2.40. The number of nitrogens with one attached hydrogen (secondary N) is 1. The van der Waals surface area contributed by atoms with Crippen molar-refractivity contribution in [1.29, 1.82) is 0 Å². The van der Waals surface area contributed by atoms with E-state index in [4.69, 9.17) is 11.6 Å². The molecule has 0 saturated heterocycles. The molecule has 0 radical (unpaired) electrons. The summed E-state index contributed by atoms with van der Waals surface area (Å²) < 4.78 is 1.94. The van der Waals surface area contributed by atoms with Gasteiger partial charge in [0.25, 0.3) is 0 Å². The fourth-order valence-corrected chi connectivity index (χ4v) is 1.88. The predicted octanol–water partition coefficient (Wildman–Crippen LogP) is 2.63. The lowest BCUT2D eigenvalue weighted by Gasteiger charge is -2.05. The van der Waals surface area contributed by atoms with E-state index in [-0.39, 0.29) is 0 Å². The lowest BCUT2D eigenvalue weighted by atomic mass is 10.2. The minimum atomic E-state index is 0.784. The van der Waals surface area contributed by atoms with Gasteiger partial charge in [0.2, 0.25) is 0 Å². The lowest BCUT2D eigenvalue weighted by Crippen LogP contribution is -2.19. The molecule has 0 aliphatic carbocycles. The van der Waals surface area contributed by atoms with Gasteiger partial charge in [-0.25, -0.2) is 0 Å². The number of aryl methyl sites for hydroxylation is 1. The van der Waals surface area contributed by atoms with Crippen LogP contribution in [0, 0.1) is 6.92 Å². The van der Waals surface area contributed by atoms with E-state index >= 15 is 0 Å². The SMILES string of the molecule is Cc1cnn(CCNCc2cccc(Cl)c2)c1. The smallest absolute Gasteiger partial charge is 0.0534 e. The molecular weight excluding hydrogens is 234 g/mol. The van der Waals surface area contributed by atoms with Gasteiger partial charge in [-0.05, 0) is 30.2 Å². The molecule has 0 aliphatic rings. The fraction of sp³-hybridized carbons (Fsp3) is 0.308. The molecule has 17 heavy (non-hydrogen) atoms. The van der Waals surface area contributed by atoms with Gasteiger partial charge in [-0.3, -0.25) is 4.68 Å². The van der Waals surface area contributed by atoms with Crippen LogP contribution in [0.4, 0.5) is 0 Å². The molecule has 0 atom stereocenters. The van der Waals surface area contributed by atoms with Crippen LogP contribution in [0.2, 0.25) is 5.02 Å². The summed E-state index contributed by atoms with van der Waals surface area (Å²) in [4.78, 5) is 0. The summed E-state index contributed by atoms with van der Waals surface area (Å²) in [5, 5.41) is 8.38. The van der Waals surface area contributed by atoms with Crippen molar-refractivity contribution < 1.29 is 0 Å². The van der Waals surface area contributed by atoms with Crippen molar-refractivity contribution in [2.75, 3.05) is 6.54 Å². The molecule has 1 aromatic carbocycles. The van der Waals surface area contributed by atoms with Crippen molar-refractivity contribution in [1.82, 2.24) is 15.1 Å². The standard InChI is InChI=1S/C13H16ClN3/c1-11-8-16-17(10-11)6-5-15-9-12-3-2-4-13(14)7-12/h2-4,7-8,10,15H,5-6,9H2,1H3. The van der Waals surface area contributed by atoms with Crippen molar-refractivity contribution in [2.24, 2.45) is 0 Å². The highest BCUT2D eigenvalue weighted by atomic mass is 35.5. The van der Waals surface area contributed by atoms with E-state index < -0.39 is 0 Å². The second-order valence-corrected chi connectivity index (χ2v) is 4.52. The van der Waals surface area contributed by atoms with E-state index in [0.29, 0.717) is 0 Å². The molecule has 90 valence electrons. The third kappa shape index (κ3) is 3.88. The maximum Gasteiger partial charge on any atom is 0.0534 e. The minimum absolute atomic E-state index is 0.784. The molecular formula is C13H16ClN3. The predicted molar refractivity (Wildman–Crippen MR) is 70.1 cm³/mol. The van der Waals surface area contributed by atoms with E-state index in [1.165, 1.54) is 11.1 Å². The van der Waals surface area contributed by atoms with E-state index in [1.807, 2.05) is 42.2 Å². The Morgan fingerprint density at radius 2 is 2.29 bits per heavy atom. The maximum absolute atomic E-state index is 5.91. The van der Waals surface area contributed by atoms with Crippen molar-refractivity contribution in [3.63, 3.8) is 0 Å². The Balaban J connectivity index is 1.73. The molecule has 2 rings (SSSR count). The highest BCUT2D eigenvalue weighted by molar-refractivity contribution is 6.30. The van der Waals surface area contributed by atoms with Gasteiger partial charge in [-0.1, -0.05) is 23.7 Å². The van der Waals surface area contributed by atoms with Crippen LogP contribution >= 0.6 is 11.6 Å². The summed E-state index contributed by atoms with van der Waals surface area (Å²) in [6.45, 7) is 4.66. The average Bonchev–Trinajstić information content (AvgIpc) is 2.71. The van der Waals surface area contributed by atoms with E-state index in [0.717, 1.165) is 24.7 Å². The third-order valence-electron chi connectivity index (χ3n) is 2.50. The number of benzene rings is 1. The number of nitrogens with zero attached hydrogens (tertiary/aromatic N) is 2. The van der Waals surface area contributed by atoms with Gasteiger partial charge >= 0.3 is 0 Å². The van der Waals surface area contributed by atoms with Gasteiger partial charge < -0.3 is 5.32 Å². The molecule has 1 heterocycles. The molecule has 0 amide bonds. The van der Waals surface area contributed by atoms with Crippen molar-refractivity contribution >= 4 is 11.6 Å². The average molecular weight is 250 g/mol. The molecule has 2 aromatic rings. The van der Waals surface area contributed by atoms with Crippen LogP contribution < -0.4 is 5.32 Å². The van der Waals surface area contributed by atoms with Crippen molar-refractivity contribution in [2.45, 2.75) is 20.0 Å². The monoisotopic (exact) mass is 249 g/mol. The number of hydrogen-bond donors (Lipinski definition) is 1. The Bertz CT molecular complexity index is 479. The topological polar surface area (TPSA) is 29.9 Å². The number of halogens is 1. The van der Waals surface area contributed by atoms with E-state index in [2.05, 4.69) is 16.5 Å². The zero-order valence-electron chi connectivity index (χ0n) is 9.86. The molecule has 0 fully saturated rings. The number of rotatable bonds is 5. The van der Waals surface area contributed by atoms with Crippen molar-refractivity contribution in [3.05, 3.63) is 52.8 Å². The highest BCUT2D eigenvalue weighted by Crippen LogP contribution is 2.10. The quantitative estimate of drug-likeness (QED) is 0.826. The van der Waals surface area contributed by atoms with Crippen LogP contribution in [-0.2, 0) is 13.1 Å². The molecule has 0 bridgehead atoms. The first-order valence-corrected chi connectivity index (χ1v) is 6.06. The molecule has 0 spiro atoms. The normalized spacial score (nSPS) is 10.7. The fourth-order valence-electron chi connectivity index (χ4n) is 1.66. The molecule has 4 heteroatoms. The van der Waals surface area contributed by atoms with Crippen LogP contribution in [0.5, 0.6) is 0 Å². The van der Waals surface area contributed by atoms with Gasteiger partial charge in [0, 0.05) is 24.3 Å². The van der Waals surface area contributed by atoms with Crippen LogP contribution in [0.3, 0.4) is 0 Å². The first-order valence-electron chi connectivity index (χ1n) is 5.68. The Morgan fingerprint density at radius 1 is 1.41 bits per heavy atom. The first kappa shape index (κ1) is 12.1. The lowest BCUT2D eigenvalue weighted by molar-refractivity contribution is 0.554. The van der Waals surface area contributed by atoms with Gasteiger partial charge in [0.15, 0.2) is 0 Å². The largest absolute Gasteiger partial charge is 0.311 e. The Hall–Kier alpha value is -1.32. The molecule has 0 aliphatic heterocycles. The Kier molecular flexibility index (Phi) is 4.18. The van der Waals surface area contributed by atoms with Crippen LogP contribution in [0.25, 0.3) is 0 Å². The van der Waals surface area contributed by atoms with Gasteiger partial charge in [0.05, 0.1) is 12.7 Å².